The summed E-state index contributed by atoms with van der Waals surface area (Å²) in [4.78, 5) is 4.63. The van der Waals surface area contributed by atoms with Gasteiger partial charge in [-0.1, -0.05) is 103 Å². The normalized spacial score (nSPS) is 22.0. The van der Waals surface area contributed by atoms with E-state index in [0.717, 1.165) is 11.2 Å². The predicted octanol–water partition coefficient (Wildman–Crippen LogP) is 13.5. The van der Waals surface area contributed by atoms with Gasteiger partial charge in [0, 0.05) is 77.7 Å². The van der Waals surface area contributed by atoms with Crippen molar-refractivity contribution in [2.24, 2.45) is 0 Å². The van der Waals surface area contributed by atoms with Gasteiger partial charge < -0.3 is 0 Å². The molecule has 16 rings (SSSR count). The summed E-state index contributed by atoms with van der Waals surface area (Å²) in [6.45, 7) is 0. The van der Waals surface area contributed by atoms with Gasteiger partial charge in [-0.15, -0.1) is 0 Å². The summed E-state index contributed by atoms with van der Waals surface area (Å²) in [5.41, 5.74) is 20.5. The van der Waals surface area contributed by atoms with Crippen molar-refractivity contribution in [1.29, 1.82) is 0 Å². The minimum Gasteiger partial charge on any atom is -0.264 e. The van der Waals surface area contributed by atoms with Crippen LogP contribution in [0.25, 0.3) is 82.9 Å². The molecule has 0 amide bonds. The number of rotatable bonds is 3. The first-order chi connectivity index (χ1) is 31.3. The first-order valence-electron chi connectivity index (χ1n) is 21.9. The fourth-order valence-electron chi connectivity index (χ4n) is 13.2. The zero-order chi connectivity index (χ0) is 40.8. The molecule has 1 fully saturated rings. The van der Waals surface area contributed by atoms with E-state index in [2.05, 4.69) is 215 Å². The summed E-state index contributed by atoms with van der Waals surface area (Å²) in [5, 5.41) is 4.88. The second-order valence-electron chi connectivity index (χ2n) is 17.7. The highest BCUT2D eigenvalue weighted by Gasteiger charge is 3.11. The Bertz CT molecular complexity index is 3840. The van der Waals surface area contributed by atoms with Gasteiger partial charge in [0.1, 0.15) is 5.52 Å². The van der Waals surface area contributed by atoms with E-state index in [0.29, 0.717) is 13.8 Å². The number of hydrogen-bond donors (Lipinski definition) is 0. The van der Waals surface area contributed by atoms with E-state index < -0.39 is 0 Å². The lowest BCUT2D eigenvalue weighted by Gasteiger charge is -2.35. The SMILES string of the molecule is c1ccc(-c2cccc(-c3ccccc3)c2[N+]23c4ccccc4[N+]24c2cccc5c2[N+]2(c6c(ccc7c8ccccc8n(c67)-c6cccc[n+]62)-c2cc6cnccc6cc2-5)C43)cc1. The van der Waals surface area contributed by atoms with Crippen LogP contribution in [-0.4, -0.2) is 15.8 Å². The Hall–Kier alpha value is -8.00. The van der Waals surface area contributed by atoms with E-state index in [-0.39, 0.29) is 6.29 Å². The molecule has 8 aromatic carbocycles. The number of fused-ring (bicyclic) bond motifs is 12. The predicted molar refractivity (Wildman–Crippen MR) is 254 cm³/mol. The van der Waals surface area contributed by atoms with E-state index in [4.69, 9.17) is 0 Å². The lowest BCUT2D eigenvalue weighted by molar-refractivity contribution is -0.793. The van der Waals surface area contributed by atoms with Crippen LogP contribution in [0.5, 0.6) is 0 Å². The van der Waals surface area contributed by atoms with Crippen LogP contribution in [-0.2, 0) is 0 Å². The maximum Gasteiger partial charge on any atom is 0.498 e. The van der Waals surface area contributed by atoms with E-state index >= 15 is 0 Å². The topological polar surface area (TPSA) is 21.7 Å². The van der Waals surface area contributed by atoms with Gasteiger partial charge in [0.2, 0.25) is 16.9 Å². The molecule has 6 nitrogen and oxygen atoms in total. The van der Waals surface area contributed by atoms with Crippen molar-refractivity contribution in [3.8, 4) is 50.3 Å². The minimum atomic E-state index is -0.0847. The van der Waals surface area contributed by atoms with Gasteiger partial charge in [0.15, 0.2) is 6.20 Å². The van der Waals surface area contributed by atoms with Gasteiger partial charge >= 0.3 is 12.1 Å². The Labute approximate surface area is 362 Å². The van der Waals surface area contributed by atoms with Crippen LogP contribution in [0.4, 0.5) is 34.1 Å². The molecule has 8 heterocycles. The Morgan fingerprint density at radius 1 is 0.444 bits per heavy atom. The zero-order valence-electron chi connectivity index (χ0n) is 34.0. The van der Waals surface area contributed by atoms with Gasteiger partial charge in [0.05, 0.1) is 11.1 Å². The highest BCUT2D eigenvalue weighted by molar-refractivity contribution is 6.21. The third-order valence-corrected chi connectivity index (χ3v) is 15.2. The summed E-state index contributed by atoms with van der Waals surface area (Å²) < 4.78 is 7.02. The number of para-hydroxylation sites is 5. The lowest BCUT2D eigenvalue weighted by atomic mass is 9.91. The minimum absolute atomic E-state index is 0.0847. The van der Waals surface area contributed by atoms with E-state index in [1.54, 1.807) is 0 Å². The van der Waals surface area contributed by atoms with Crippen LogP contribution in [0.2, 0.25) is 0 Å². The molecule has 0 bridgehead atoms. The average molecular weight is 805 g/mol. The van der Waals surface area contributed by atoms with E-state index in [1.807, 2.05) is 12.4 Å². The second kappa shape index (κ2) is 10.9. The molecule has 5 aliphatic rings. The number of hydrogen-bond acceptors (Lipinski definition) is 1. The van der Waals surface area contributed by atoms with Crippen molar-refractivity contribution in [1.82, 2.24) is 23.3 Å². The van der Waals surface area contributed by atoms with Crippen LogP contribution >= 0.6 is 0 Å². The van der Waals surface area contributed by atoms with Crippen LogP contribution < -0.4 is 18.5 Å². The van der Waals surface area contributed by atoms with Crippen molar-refractivity contribution in [3.05, 3.63) is 213 Å². The smallest absolute Gasteiger partial charge is 0.264 e. The molecule has 1 saturated heterocycles. The molecule has 4 unspecified atom stereocenters. The number of quaternary nitrogens is 3. The first kappa shape index (κ1) is 32.7. The molecule has 0 N–H and O–H groups in total. The lowest BCUT2D eigenvalue weighted by Crippen LogP contribution is -2.74. The van der Waals surface area contributed by atoms with Gasteiger partial charge in [0.25, 0.3) is 22.7 Å². The Morgan fingerprint density at radius 3 is 1.87 bits per heavy atom. The van der Waals surface area contributed by atoms with Crippen molar-refractivity contribution < 1.29 is 4.68 Å². The van der Waals surface area contributed by atoms with Crippen molar-refractivity contribution in [3.63, 3.8) is 0 Å². The van der Waals surface area contributed by atoms with Crippen LogP contribution in [0.15, 0.2) is 213 Å². The molecule has 0 saturated carbocycles. The maximum atomic E-state index is 4.63. The highest BCUT2D eigenvalue weighted by Crippen LogP contribution is 2.86. The van der Waals surface area contributed by atoms with Crippen LogP contribution in [0.1, 0.15) is 0 Å². The standard InChI is InChI=1S/C57H36N6/c1-3-15-36(16-4-1)40-20-13-21-41(37-17-5-2-6-18-37)54(40)63-50-25-10-9-24-49(50)62(63)51-26-14-22-44-46-33-38-30-31-58-35-39(38)34-47(46)45-29-28-43-42-19-7-8-23-48(42)60-52-27-11-12-32-59(52)61(55(44)51,57(62)63)56(45)53(43)60/h1-35,57H/q+4. The molecule has 6 heteroatoms. The third kappa shape index (κ3) is 3.38. The summed E-state index contributed by atoms with van der Waals surface area (Å²) in [6, 6.07) is 73.4. The fourth-order valence-corrected chi connectivity index (χ4v) is 13.2. The molecule has 3 aromatic heterocycles. The monoisotopic (exact) mass is 804 g/mol. The quantitative estimate of drug-likeness (QED) is 0.0990. The summed E-state index contributed by atoms with van der Waals surface area (Å²) in [6.07, 6.45) is 6.24. The first-order valence-corrected chi connectivity index (χ1v) is 21.9. The molecular weight excluding hydrogens is 769 g/mol. The molecule has 4 atom stereocenters. The molecule has 5 aliphatic heterocycles. The summed E-state index contributed by atoms with van der Waals surface area (Å²) in [5.74, 6) is 1.16. The molecule has 0 radical (unpaired) electrons. The van der Waals surface area contributed by atoms with Gasteiger partial charge in [-0.25, -0.2) is 0 Å². The highest BCUT2D eigenvalue weighted by atomic mass is 16.2. The van der Waals surface area contributed by atoms with Gasteiger partial charge in [-0.2, -0.15) is 4.57 Å². The van der Waals surface area contributed by atoms with Crippen LogP contribution in [0, 0.1) is 0 Å². The van der Waals surface area contributed by atoms with Crippen LogP contribution in [0.3, 0.4) is 0 Å². The summed E-state index contributed by atoms with van der Waals surface area (Å²) >= 11 is 0. The Kier molecular flexibility index (Phi) is 5.66. The fraction of sp³-hybridized carbons (Fsp3) is 0.0175. The number of benzene rings is 8. The molecule has 290 valence electrons. The molecular formula is C57H36N6+4. The Morgan fingerprint density at radius 2 is 1.08 bits per heavy atom. The zero-order valence-corrected chi connectivity index (χ0v) is 34.0. The molecule has 0 aliphatic carbocycles. The molecule has 2 spiro atoms. The van der Waals surface area contributed by atoms with E-state index in [1.165, 1.54) is 106 Å². The molecule has 11 aromatic rings. The third-order valence-electron chi connectivity index (χ3n) is 15.2. The molecule has 63 heavy (non-hydrogen) atoms. The number of pyridine rings is 2. The second-order valence-corrected chi connectivity index (χ2v) is 17.7. The van der Waals surface area contributed by atoms with E-state index in [9.17, 15) is 0 Å². The average Bonchev–Trinajstić information content (AvgIpc) is 3.59. The van der Waals surface area contributed by atoms with Gasteiger partial charge in [-0.3, -0.25) is 4.98 Å². The largest absolute Gasteiger partial charge is 0.498 e. The Balaban J connectivity index is 1.16. The van der Waals surface area contributed by atoms with Crippen molar-refractivity contribution in [2.75, 3.05) is 0 Å². The number of aromatic nitrogens is 3. The van der Waals surface area contributed by atoms with Gasteiger partial charge in [-0.05, 0) is 99.0 Å². The van der Waals surface area contributed by atoms with Crippen molar-refractivity contribution in [2.45, 2.75) is 6.29 Å². The summed E-state index contributed by atoms with van der Waals surface area (Å²) in [7, 11) is 0. The number of nitrogens with zero attached hydrogens (tertiary/aromatic N) is 6. The maximum absolute atomic E-state index is 4.63. The van der Waals surface area contributed by atoms with Crippen molar-refractivity contribution >= 4 is 66.7 Å².